The van der Waals surface area contributed by atoms with Crippen LogP contribution in [-0.2, 0) is 0 Å². The summed E-state index contributed by atoms with van der Waals surface area (Å²) in [6, 6.07) is 9.75. The molecule has 13 heavy (non-hydrogen) atoms. The normalized spacial score (nSPS) is 22.4. The maximum atomic E-state index is 11.5. The van der Waals surface area contributed by atoms with Crippen molar-refractivity contribution in [3.63, 3.8) is 0 Å². The third kappa shape index (κ3) is 1.42. The van der Waals surface area contributed by atoms with Gasteiger partial charge < -0.3 is 5.21 Å². The second kappa shape index (κ2) is 3.18. The SMILES string of the molecule is CC1NCC(c2ccccc2)=[N+]1[O-]. The molecule has 2 rings (SSSR count). The van der Waals surface area contributed by atoms with Gasteiger partial charge in [0.2, 0.25) is 11.9 Å². The molecule has 0 bridgehead atoms. The van der Waals surface area contributed by atoms with Crippen LogP contribution in [0.3, 0.4) is 0 Å². The molecule has 0 spiro atoms. The van der Waals surface area contributed by atoms with Crippen LogP contribution in [0.15, 0.2) is 30.3 Å². The lowest BCUT2D eigenvalue weighted by atomic mass is 10.1. The molecule has 1 aromatic rings. The lowest BCUT2D eigenvalue weighted by molar-refractivity contribution is -0.492. The van der Waals surface area contributed by atoms with Crippen molar-refractivity contribution >= 4 is 5.71 Å². The topological polar surface area (TPSA) is 38.1 Å². The molecule has 0 saturated heterocycles. The van der Waals surface area contributed by atoms with Crippen molar-refractivity contribution in [2.45, 2.75) is 13.1 Å². The highest BCUT2D eigenvalue weighted by Crippen LogP contribution is 2.05. The summed E-state index contributed by atoms with van der Waals surface area (Å²) in [7, 11) is 0. The Bertz CT molecular complexity index is 332. The minimum absolute atomic E-state index is 0.102. The van der Waals surface area contributed by atoms with E-state index in [1.807, 2.05) is 37.3 Å². The molecule has 0 aromatic heterocycles. The van der Waals surface area contributed by atoms with Crippen molar-refractivity contribution in [1.29, 1.82) is 0 Å². The van der Waals surface area contributed by atoms with Crippen molar-refractivity contribution in [1.82, 2.24) is 5.32 Å². The van der Waals surface area contributed by atoms with Gasteiger partial charge in [0.15, 0.2) is 0 Å². The Morgan fingerprint density at radius 3 is 2.62 bits per heavy atom. The van der Waals surface area contributed by atoms with Crippen LogP contribution in [0.1, 0.15) is 12.5 Å². The molecule has 0 aliphatic carbocycles. The van der Waals surface area contributed by atoms with Crippen LogP contribution in [0.25, 0.3) is 0 Å². The molecule has 1 atom stereocenters. The van der Waals surface area contributed by atoms with E-state index in [9.17, 15) is 5.21 Å². The third-order valence-electron chi connectivity index (χ3n) is 2.29. The van der Waals surface area contributed by atoms with Gasteiger partial charge in [-0.1, -0.05) is 18.2 Å². The molecular weight excluding hydrogens is 164 g/mol. The van der Waals surface area contributed by atoms with E-state index in [1.54, 1.807) is 0 Å². The van der Waals surface area contributed by atoms with E-state index in [0.29, 0.717) is 6.54 Å². The predicted molar refractivity (Wildman–Crippen MR) is 51.6 cm³/mol. The Balaban J connectivity index is 2.38. The molecule has 1 N–H and O–H groups in total. The van der Waals surface area contributed by atoms with Crippen molar-refractivity contribution in [2.24, 2.45) is 0 Å². The highest BCUT2D eigenvalue weighted by atomic mass is 16.5. The lowest BCUT2D eigenvalue weighted by Crippen LogP contribution is -2.25. The molecular formula is C10H12N2O. The summed E-state index contributed by atoms with van der Waals surface area (Å²) in [6.07, 6.45) is -0.102. The monoisotopic (exact) mass is 176 g/mol. The Morgan fingerprint density at radius 1 is 1.38 bits per heavy atom. The van der Waals surface area contributed by atoms with Crippen molar-refractivity contribution < 1.29 is 4.74 Å². The van der Waals surface area contributed by atoms with Gasteiger partial charge in [0.25, 0.3) is 0 Å². The van der Waals surface area contributed by atoms with Gasteiger partial charge in [-0.05, 0) is 12.1 Å². The molecule has 68 valence electrons. The van der Waals surface area contributed by atoms with Gasteiger partial charge in [0.1, 0.15) is 0 Å². The largest absolute Gasteiger partial charge is 0.622 e. The molecule has 0 radical (unpaired) electrons. The van der Waals surface area contributed by atoms with Crippen molar-refractivity contribution in [3.05, 3.63) is 41.1 Å². The van der Waals surface area contributed by atoms with E-state index >= 15 is 0 Å². The van der Waals surface area contributed by atoms with Gasteiger partial charge in [-0.2, -0.15) is 4.74 Å². The quantitative estimate of drug-likeness (QED) is 0.510. The third-order valence-corrected chi connectivity index (χ3v) is 2.29. The molecule has 0 fully saturated rings. The smallest absolute Gasteiger partial charge is 0.215 e. The zero-order chi connectivity index (χ0) is 9.26. The molecule has 1 aliphatic heterocycles. The number of benzene rings is 1. The van der Waals surface area contributed by atoms with Crippen LogP contribution in [0, 0.1) is 5.21 Å². The second-order valence-corrected chi connectivity index (χ2v) is 3.20. The highest BCUT2D eigenvalue weighted by Gasteiger charge is 2.24. The molecule has 1 aromatic carbocycles. The minimum atomic E-state index is -0.102. The first-order chi connectivity index (χ1) is 6.29. The molecule has 0 saturated carbocycles. The van der Waals surface area contributed by atoms with E-state index < -0.39 is 0 Å². The van der Waals surface area contributed by atoms with Crippen LogP contribution in [-0.4, -0.2) is 23.2 Å². The number of hydrogen-bond acceptors (Lipinski definition) is 2. The fraction of sp³-hybridized carbons (Fsp3) is 0.300. The van der Waals surface area contributed by atoms with Gasteiger partial charge >= 0.3 is 0 Å². The van der Waals surface area contributed by atoms with Gasteiger partial charge in [-0.15, -0.1) is 0 Å². The van der Waals surface area contributed by atoms with Gasteiger partial charge in [0, 0.05) is 12.5 Å². The van der Waals surface area contributed by atoms with Crippen LogP contribution < -0.4 is 5.32 Å². The van der Waals surface area contributed by atoms with E-state index in [4.69, 9.17) is 0 Å². The average molecular weight is 176 g/mol. The number of nitrogens with one attached hydrogen (secondary N) is 1. The highest BCUT2D eigenvalue weighted by molar-refractivity contribution is 5.99. The molecule has 1 aliphatic rings. The molecule has 0 amide bonds. The number of rotatable bonds is 1. The maximum absolute atomic E-state index is 11.5. The zero-order valence-electron chi connectivity index (χ0n) is 7.53. The number of hydrogen-bond donors (Lipinski definition) is 1. The number of hydroxylamine groups is 1. The zero-order valence-corrected chi connectivity index (χ0v) is 7.53. The summed E-state index contributed by atoms with van der Waals surface area (Å²) in [5.41, 5.74) is 1.84. The molecule has 3 heteroatoms. The van der Waals surface area contributed by atoms with Crippen LogP contribution in [0.2, 0.25) is 0 Å². The minimum Gasteiger partial charge on any atom is -0.622 e. The Morgan fingerprint density at radius 2 is 2.08 bits per heavy atom. The Kier molecular flexibility index (Phi) is 2.02. The van der Waals surface area contributed by atoms with Crippen LogP contribution >= 0.6 is 0 Å². The number of nitrogens with zero attached hydrogens (tertiary/aromatic N) is 1. The van der Waals surface area contributed by atoms with Gasteiger partial charge in [-0.3, -0.25) is 0 Å². The second-order valence-electron chi connectivity index (χ2n) is 3.20. The summed E-state index contributed by atoms with van der Waals surface area (Å²) >= 11 is 0. The van der Waals surface area contributed by atoms with E-state index in [2.05, 4.69) is 5.32 Å². The Hall–Kier alpha value is -1.35. The van der Waals surface area contributed by atoms with E-state index in [1.165, 1.54) is 0 Å². The standard InChI is InChI=1S/C10H12N2O/c1-8-11-7-10(12(8)13)9-5-3-2-4-6-9/h2-6,8,11H,7H2,1H3. The van der Waals surface area contributed by atoms with Crippen molar-refractivity contribution in [3.8, 4) is 0 Å². The molecule has 3 nitrogen and oxygen atoms in total. The lowest BCUT2D eigenvalue weighted by Gasteiger charge is -2.05. The first kappa shape index (κ1) is 8.26. The van der Waals surface area contributed by atoms with Gasteiger partial charge in [0.05, 0.1) is 6.54 Å². The van der Waals surface area contributed by atoms with E-state index in [-0.39, 0.29) is 6.17 Å². The summed E-state index contributed by atoms with van der Waals surface area (Å²) in [5, 5.41) is 14.6. The first-order valence-electron chi connectivity index (χ1n) is 4.40. The maximum Gasteiger partial charge on any atom is 0.215 e. The molecule has 1 heterocycles. The van der Waals surface area contributed by atoms with Crippen LogP contribution in [0.5, 0.6) is 0 Å². The summed E-state index contributed by atoms with van der Waals surface area (Å²) < 4.78 is 1.04. The predicted octanol–water partition coefficient (Wildman–Crippen LogP) is 0.935. The van der Waals surface area contributed by atoms with Crippen molar-refractivity contribution in [2.75, 3.05) is 6.54 Å². The fourth-order valence-electron chi connectivity index (χ4n) is 1.50. The summed E-state index contributed by atoms with van der Waals surface area (Å²) in [4.78, 5) is 0. The van der Waals surface area contributed by atoms with Crippen LogP contribution in [0.4, 0.5) is 0 Å². The van der Waals surface area contributed by atoms with Gasteiger partial charge in [-0.25, -0.2) is 5.32 Å². The molecule has 1 unspecified atom stereocenters. The van der Waals surface area contributed by atoms with E-state index in [0.717, 1.165) is 16.0 Å². The fourth-order valence-corrected chi connectivity index (χ4v) is 1.50. The summed E-state index contributed by atoms with van der Waals surface area (Å²) in [5.74, 6) is 0. The Labute approximate surface area is 77.3 Å². The first-order valence-corrected chi connectivity index (χ1v) is 4.40. The average Bonchev–Trinajstić information content (AvgIpc) is 2.49. The summed E-state index contributed by atoms with van der Waals surface area (Å²) in [6.45, 7) is 2.53.